The van der Waals surface area contributed by atoms with Gasteiger partial charge in [-0.1, -0.05) is 62.4 Å². The Morgan fingerprint density at radius 3 is 2.28 bits per heavy atom. The van der Waals surface area contributed by atoms with Crippen molar-refractivity contribution >= 4 is 22.9 Å². The molecule has 2 heteroatoms. The fourth-order valence-electron chi connectivity index (χ4n) is 1.48. The van der Waals surface area contributed by atoms with E-state index in [0.29, 0.717) is 0 Å². The molecule has 0 nitrogen and oxygen atoms in total. The predicted molar refractivity (Wildman–Crippen MR) is 80.5 cm³/mol. The van der Waals surface area contributed by atoms with E-state index in [-0.39, 0.29) is 5.41 Å². The predicted octanol–water partition coefficient (Wildman–Crippen LogP) is 5.10. The summed E-state index contributed by atoms with van der Waals surface area (Å²) in [4.78, 5) is 1.27. The van der Waals surface area contributed by atoms with Crippen LogP contribution in [0.5, 0.6) is 0 Å². The SMILES string of the molecule is CC(C)(C)c1cc(C#Cc2ccccc2)c(Cl)s1. The Bertz CT molecular complexity index is 592. The molecule has 0 saturated heterocycles. The lowest BCUT2D eigenvalue weighted by atomic mass is 9.94. The number of rotatable bonds is 0. The molecular weight excluding hydrogens is 260 g/mol. The Morgan fingerprint density at radius 1 is 1.06 bits per heavy atom. The summed E-state index contributed by atoms with van der Waals surface area (Å²) >= 11 is 7.85. The van der Waals surface area contributed by atoms with Gasteiger partial charge in [0.25, 0.3) is 0 Å². The van der Waals surface area contributed by atoms with Gasteiger partial charge < -0.3 is 0 Å². The molecule has 0 unspecified atom stereocenters. The Hall–Kier alpha value is -1.23. The summed E-state index contributed by atoms with van der Waals surface area (Å²) in [5.41, 5.74) is 2.06. The smallest absolute Gasteiger partial charge is 0.109 e. The Balaban J connectivity index is 2.31. The van der Waals surface area contributed by atoms with Crippen LogP contribution >= 0.6 is 22.9 Å². The van der Waals surface area contributed by atoms with Crippen molar-refractivity contribution in [3.8, 4) is 11.8 Å². The lowest BCUT2D eigenvalue weighted by Gasteiger charge is -2.14. The molecule has 0 aliphatic heterocycles. The highest BCUT2D eigenvalue weighted by atomic mass is 35.5. The van der Waals surface area contributed by atoms with Gasteiger partial charge in [0.15, 0.2) is 0 Å². The average Bonchev–Trinajstić information content (AvgIpc) is 2.69. The third kappa shape index (κ3) is 3.16. The van der Waals surface area contributed by atoms with Crippen LogP contribution in [-0.4, -0.2) is 0 Å². The minimum Gasteiger partial charge on any atom is -0.127 e. The third-order valence-electron chi connectivity index (χ3n) is 2.54. The van der Waals surface area contributed by atoms with Crippen LogP contribution in [0, 0.1) is 11.8 Å². The third-order valence-corrected chi connectivity index (χ3v) is 4.33. The van der Waals surface area contributed by atoms with Crippen molar-refractivity contribution in [2.24, 2.45) is 0 Å². The van der Waals surface area contributed by atoms with E-state index in [1.807, 2.05) is 30.3 Å². The standard InChI is InChI=1S/C16H15ClS/c1-16(2,3)14-11-13(15(17)18-14)10-9-12-7-5-4-6-8-12/h4-8,11H,1-3H3. The first kappa shape index (κ1) is 13.2. The van der Waals surface area contributed by atoms with Gasteiger partial charge >= 0.3 is 0 Å². The van der Waals surface area contributed by atoms with E-state index in [0.717, 1.165) is 15.5 Å². The second kappa shape index (κ2) is 5.18. The molecule has 2 rings (SSSR count). The zero-order chi connectivity index (χ0) is 13.2. The van der Waals surface area contributed by atoms with Crippen molar-refractivity contribution in [1.82, 2.24) is 0 Å². The van der Waals surface area contributed by atoms with E-state index in [9.17, 15) is 0 Å². The van der Waals surface area contributed by atoms with Crippen LogP contribution in [0.25, 0.3) is 0 Å². The van der Waals surface area contributed by atoms with Gasteiger partial charge in [0.1, 0.15) is 4.34 Å². The fraction of sp³-hybridized carbons (Fsp3) is 0.250. The lowest BCUT2D eigenvalue weighted by molar-refractivity contribution is 0.604. The monoisotopic (exact) mass is 274 g/mol. The maximum Gasteiger partial charge on any atom is 0.109 e. The number of thiophene rings is 1. The van der Waals surface area contributed by atoms with Gasteiger partial charge in [0.2, 0.25) is 0 Å². The molecule has 0 aliphatic carbocycles. The van der Waals surface area contributed by atoms with Crippen LogP contribution < -0.4 is 0 Å². The molecule has 18 heavy (non-hydrogen) atoms. The number of hydrogen-bond donors (Lipinski definition) is 0. The lowest BCUT2D eigenvalue weighted by Crippen LogP contribution is -2.07. The van der Waals surface area contributed by atoms with Gasteiger partial charge in [-0.05, 0) is 23.6 Å². The first-order valence-electron chi connectivity index (χ1n) is 5.84. The first-order valence-corrected chi connectivity index (χ1v) is 7.03. The summed E-state index contributed by atoms with van der Waals surface area (Å²) < 4.78 is 0.781. The molecule has 0 aliphatic rings. The molecule has 1 heterocycles. The topological polar surface area (TPSA) is 0 Å². The molecular formula is C16H15ClS. The van der Waals surface area contributed by atoms with Crippen molar-refractivity contribution in [2.45, 2.75) is 26.2 Å². The van der Waals surface area contributed by atoms with Crippen LogP contribution in [0.15, 0.2) is 36.4 Å². The van der Waals surface area contributed by atoms with Gasteiger partial charge in [-0.25, -0.2) is 0 Å². The fourth-order valence-corrected chi connectivity index (χ4v) is 2.73. The average molecular weight is 275 g/mol. The number of benzene rings is 1. The molecule has 0 atom stereocenters. The zero-order valence-corrected chi connectivity index (χ0v) is 12.3. The summed E-state index contributed by atoms with van der Waals surface area (Å²) in [6, 6.07) is 12.1. The number of hydrogen-bond acceptors (Lipinski definition) is 1. The molecule has 2 aromatic rings. The highest BCUT2D eigenvalue weighted by molar-refractivity contribution is 7.16. The number of halogens is 1. The van der Waals surface area contributed by atoms with Crippen molar-refractivity contribution in [2.75, 3.05) is 0 Å². The Labute approximate surface area is 118 Å². The van der Waals surface area contributed by atoms with Crippen molar-refractivity contribution in [3.05, 3.63) is 56.7 Å². The van der Waals surface area contributed by atoms with Gasteiger partial charge in [-0.15, -0.1) is 11.3 Å². The highest BCUT2D eigenvalue weighted by Gasteiger charge is 2.18. The van der Waals surface area contributed by atoms with Crippen molar-refractivity contribution < 1.29 is 0 Å². The van der Waals surface area contributed by atoms with Crippen LogP contribution in [0.4, 0.5) is 0 Å². The van der Waals surface area contributed by atoms with Crippen LogP contribution in [-0.2, 0) is 5.41 Å². The normalized spacial score (nSPS) is 10.9. The van der Waals surface area contributed by atoms with Crippen LogP contribution in [0.2, 0.25) is 4.34 Å². The minimum absolute atomic E-state index is 0.126. The van der Waals surface area contributed by atoms with E-state index in [4.69, 9.17) is 11.6 Å². The van der Waals surface area contributed by atoms with Crippen molar-refractivity contribution in [3.63, 3.8) is 0 Å². The second-order valence-corrected chi connectivity index (χ2v) is 6.82. The molecule has 0 N–H and O–H groups in total. The van der Waals surface area contributed by atoms with Gasteiger partial charge in [-0.2, -0.15) is 0 Å². The maximum atomic E-state index is 6.23. The highest BCUT2D eigenvalue weighted by Crippen LogP contribution is 2.35. The van der Waals surface area contributed by atoms with Crippen molar-refractivity contribution in [1.29, 1.82) is 0 Å². The molecule has 1 aromatic heterocycles. The quantitative estimate of drug-likeness (QED) is 0.587. The second-order valence-electron chi connectivity index (χ2n) is 5.16. The van der Waals surface area contributed by atoms with E-state index in [1.165, 1.54) is 4.88 Å². The zero-order valence-electron chi connectivity index (χ0n) is 10.8. The maximum absolute atomic E-state index is 6.23. The van der Waals surface area contributed by atoms with E-state index >= 15 is 0 Å². The van der Waals surface area contributed by atoms with Crippen LogP contribution in [0.1, 0.15) is 36.8 Å². The van der Waals surface area contributed by atoms with E-state index in [2.05, 4.69) is 38.7 Å². The summed E-state index contributed by atoms with van der Waals surface area (Å²) in [5, 5.41) is 0. The summed E-state index contributed by atoms with van der Waals surface area (Å²) in [6.45, 7) is 6.55. The minimum atomic E-state index is 0.126. The summed E-state index contributed by atoms with van der Waals surface area (Å²) in [6.07, 6.45) is 0. The molecule has 92 valence electrons. The Kier molecular flexibility index (Phi) is 3.80. The Morgan fingerprint density at radius 2 is 1.72 bits per heavy atom. The molecule has 0 amide bonds. The summed E-state index contributed by atoms with van der Waals surface area (Å²) in [5.74, 6) is 6.29. The van der Waals surface area contributed by atoms with Gasteiger partial charge in [0, 0.05) is 10.4 Å². The molecule has 0 spiro atoms. The van der Waals surface area contributed by atoms with Gasteiger partial charge in [-0.3, -0.25) is 0 Å². The van der Waals surface area contributed by atoms with E-state index in [1.54, 1.807) is 11.3 Å². The molecule has 0 bridgehead atoms. The molecule has 0 radical (unpaired) electrons. The molecule has 0 saturated carbocycles. The molecule has 1 aromatic carbocycles. The van der Waals surface area contributed by atoms with E-state index < -0.39 is 0 Å². The summed E-state index contributed by atoms with van der Waals surface area (Å²) in [7, 11) is 0. The largest absolute Gasteiger partial charge is 0.127 e. The van der Waals surface area contributed by atoms with Crippen LogP contribution in [0.3, 0.4) is 0 Å². The first-order chi connectivity index (χ1) is 8.47. The van der Waals surface area contributed by atoms with Gasteiger partial charge in [0.05, 0.1) is 5.56 Å². The molecule has 0 fully saturated rings.